The molecule has 0 radical (unpaired) electrons. The van der Waals surface area contributed by atoms with Gasteiger partial charge in [-0.1, -0.05) is 23.8 Å². The fourth-order valence-corrected chi connectivity index (χ4v) is 2.62. The summed E-state index contributed by atoms with van der Waals surface area (Å²) >= 11 is 5.72. The van der Waals surface area contributed by atoms with Crippen molar-refractivity contribution in [2.75, 3.05) is 0 Å². The lowest BCUT2D eigenvalue weighted by Crippen LogP contribution is -2.43. The normalized spacial score (nSPS) is 30.6. The molecule has 90 valence electrons. The molecule has 2 aliphatic rings. The maximum atomic E-state index is 13.0. The average Bonchev–Trinajstić information content (AvgIpc) is 2.64. The zero-order valence-corrected chi connectivity index (χ0v) is 9.95. The minimum atomic E-state index is -0.411. The van der Waals surface area contributed by atoms with Crippen LogP contribution in [0.2, 0.25) is 5.02 Å². The number of ether oxygens (including phenoxy) is 1. The van der Waals surface area contributed by atoms with E-state index in [2.05, 4.69) is 17.5 Å². The summed E-state index contributed by atoms with van der Waals surface area (Å²) in [5.74, 6) is 0.230. The van der Waals surface area contributed by atoms with Crippen molar-refractivity contribution in [1.29, 1.82) is 0 Å². The van der Waals surface area contributed by atoms with E-state index in [1.807, 2.05) is 0 Å². The van der Waals surface area contributed by atoms with Crippen LogP contribution in [0, 0.1) is 5.82 Å². The molecular formula is C13H13ClFNO. The standard InChI is InChI=1S/C13H13ClFNO/c14-12-7-10(3-4-13(12)15)17-11-5-8-1-2-9(6-11)16-8/h1-4,7-9,11,16H,5-6H2/t8-,9+,11-. The Hall–Kier alpha value is -1.06. The van der Waals surface area contributed by atoms with E-state index in [1.54, 1.807) is 6.07 Å². The molecule has 0 aromatic heterocycles. The van der Waals surface area contributed by atoms with E-state index in [0.29, 0.717) is 17.8 Å². The van der Waals surface area contributed by atoms with Crippen LogP contribution in [0.25, 0.3) is 0 Å². The predicted molar refractivity (Wildman–Crippen MR) is 64.9 cm³/mol. The van der Waals surface area contributed by atoms with Crippen LogP contribution in [0.15, 0.2) is 30.4 Å². The van der Waals surface area contributed by atoms with Gasteiger partial charge in [-0.25, -0.2) is 4.39 Å². The van der Waals surface area contributed by atoms with Crippen LogP contribution in [-0.4, -0.2) is 18.2 Å². The molecular weight excluding hydrogens is 241 g/mol. The van der Waals surface area contributed by atoms with E-state index in [1.165, 1.54) is 12.1 Å². The van der Waals surface area contributed by atoms with Crippen LogP contribution in [0.1, 0.15) is 12.8 Å². The number of hydrogen-bond donors (Lipinski definition) is 1. The number of halogens is 2. The maximum absolute atomic E-state index is 13.0. The fraction of sp³-hybridized carbons (Fsp3) is 0.385. The third-order valence-corrected chi connectivity index (χ3v) is 3.52. The third-order valence-electron chi connectivity index (χ3n) is 3.23. The largest absolute Gasteiger partial charge is 0.490 e. The van der Waals surface area contributed by atoms with E-state index in [0.717, 1.165) is 12.8 Å². The summed E-state index contributed by atoms with van der Waals surface area (Å²) in [6, 6.07) is 5.32. The molecule has 3 rings (SSSR count). The topological polar surface area (TPSA) is 21.3 Å². The average molecular weight is 254 g/mol. The lowest BCUT2D eigenvalue weighted by atomic mass is 10.0. The monoisotopic (exact) mass is 253 g/mol. The molecule has 2 heterocycles. The Balaban J connectivity index is 1.69. The number of benzene rings is 1. The molecule has 2 nitrogen and oxygen atoms in total. The molecule has 3 atom stereocenters. The van der Waals surface area contributed by atoms with Crippen molar-refractivity contribution in [3.05, 3.63) is 41.2 Å². The highest BCUT2D eigenvalue weighted by Gasteiger charge is 2.30. The Morgan fingerprint density at radius 3 is 2.59 bits per heavy atom. The van der Waals surface area contributed by atoms with Crippen molar-refractivity contribution in [2.24, 2.45) is 0 Å². The molecule has 1 aromatic carbocycles. The first-order valence-corrected chi connectivity index (χ1v) is 6.14. The predicted octanol–water partition coefficient (Wildman–Crippen LogP) is 2.92. The zero-order chi connectivity index (χ0) is 11.8. The Kier molecular flexibility index (Phi) is 2.81. The minimum absolute atomic E-state index is 0.109. The second-order valence-electron chi connectivity index (χ2n) is 4.55. The summed E-state index contributed by atoms with van der Waals surface area (Å²) in [7, 11) is 0. The van der Waals surface area contributed by atoms with E-state index in [-0.39, 0.29) is 11.1 Å². The number of nitrogens with one attached hydrogen (secondary N) is 1. The van der Waals surface area contributed by atoms with E-state index < -0.39 is 5.82 Å². The molecule has 1 aromatic rings. The van der Waals surface area contributed by atoms with Crippen LogP contribution < -0.4 is 10.1 Å². The molecule has 4 heteroatoms. The lowest BCUT2D eigenvalue weighted by molar-refractivity contribution is 0.142. The maximum Gasteiger partial charge on any atom is 0.142 e. The molecule has 0 unspecified atom stereocenters. The molecule has 1 N–H and O–H groups in total. The van der Waals surface area contributed by atoms with Gasteiger partial charge in [-0.3, -0.25) is 0 Å². The van der Waals surface area contributed by atoms with Gasteiger partial charge in [0.15, 0.2) is 0 Å². The van der Waals surface area contributed by atoms with Gasteiger partial charge in [0.05, 0.1) is 5.02 Å². The van der Waals surface area contributed by atoms with E-state index in [9.17, 15) is 4.39 Å². The molecule has 0 aliphatic carbocycles. The summed E-state index contributed by atoms with van der Waals surface area (Å²) < 4.78 is 18.8. The van der Waals surface area contributed by atoms with Gasteiger partial charge in [-0.15, -0.1) is 0 Å². The van der Waals surface area contributed by atoms with Gasteiger partial charge < -0.3 is 10.1 Å². The zero-order valence-electron chi connectivity index (χ0n) is 9.20. The van der Waals surface area contributed by atoms with Gasteiger partial charge >= 0.3 is 0 Å². The van der Waals surface area contributed by atoms with Crippen molar-refractivity contribution in [3.63, 3.8) is 0 Å². The summed E-state index contributed by atoms with van der Waals surface area (Å²) in [6.07, 6.45) is 6.43. The molecule has 1 fully saturated rings. The summed E-state index contributed by atoms with van der Waals surface area (Å²) in [4.78, 5) is 0. The second kappa shape index (κ2) is 4.31. The van der Waals surface area contributed by atoms with Gasteiger partial charge in [0.2, 0.25) is 0 Å². The fourth-order valence-electron chi connectivity index (χ4n) is 2.45. The van der Waals surface area contributed by atoms with Crippen molar-refractivity contribution < 1.29 is 9.13 Å². The van der Waals surface area contributed by atoms with Crippen molar-refractivity contribution in [1.82, 2.24) is 5.32 Å². The van der Waals surface area contributed by atoms with Crippen molar-refractivity contribution in [3.8, 4) is 5.75 Å². The van der Waals surface area contributed by atoms with Crippen LogP contribution in [0.5, 0.6) is 5.75 Å². The highest BCUT2D eigenvalue weighted by atomic mass is 35.5. The van der Waals surface area contributed by atoms with Crippen LogP contribution in [0.4, 0.5) is 4.39 Å². The third kappa shape index (κ3) is 2.31. The van der Waals surface area contributed by atoms with Crippen LogP contribution in [0.3, 0.4) is 0 Å². The number of rotatable bonds is 2. The summed E-state index contributed by atoms with van der Waals surface area (Å²) in [5, 5.41) is 3.56. The van der Waals surface area contributed by atoms with Crippen molar-refractivity contribution >= 4 is 11.6 Å². The van der Waals surface area contributed by atoms with Gasteiger partial charge in [-0.2, -0.15) is 0 Å². The van der Waals surface area contributed by atoms with Gasteiger partial charge in [0, 0.05) is 31.0 Å². The molecule has 1 saturated heterocycles. The van der Waals surface area contributed by atoms with E-state index in [4.69, 9.17) is 16.3 Å². The van der Waals surface area contributed by atoms with Crippen LogP contribution >= 0.6 is 11.6 Å². The minimum Gasteiger partial charge on any atom is -0.490 e. The quantitative estimate of drug-likeness (QED) is 0.819. The van der Waals surface area contributed by atoms with Gasteiger partial charge in [-0.05, 0) is 12.1 Å². The first kappa shape index (κ1) is 11.1. The van der Waals surface area contributed by atoms with Crippen molar-refractivity contribution in [2.45, 2.75) is 31.0 Å². The lowest BCUT2D eigenvalue weighted by Gasteiger charge is -2.29. The number of hydrogen-bond acceptors (Lipinski definition) is 2. The van der Waals surface area contributed by atoms with E-state index >= 15 is 0 Å². The smallest absolute Gasteiger partial charge is 0.142 e. The highest BCUT2D eigenvalue weighted by Crippen LogP contribution is 2.27. The molecule has 2 aliphatic heterocycles. The molecule has 0 saturated carbocycles. The SMILES string of the molecule is Fc1ccc(O[C@@H]2C[C@H]3C=C[C@@H](C2)N3)cc1Cl. The second-order valence-corrected chi connectivity index (χ2v) is 4.96. The molecule has 0 amide bonds. The Bertz CT molecular complexity index is 449. The first-order valence-electron chi connectivity index (χ1n) is 5.77. The van der Waals surface area contributed by atoms with Gasteiger partial charge in [0.1, 0.15) is 17.7 Å². The van der Waals surface area contributed by atoms with Gasteiger partial charge in [0.25, 0.3) is 0 Å². The number of fused-ring (bicyclic) bond motifs is 2. The summed E-state index contributed by atoms with van der Waals surface area (Å²) in [6.45, 7) is 0. The summed E-state index contributed by atoms with van der Waals surface area (Å²) in [5.41, 5.74) is 0. The molecule has 2 bridgehead atoms. The molecule has 0 spiro atoms. The molecule has 17 heavy (non-hydrogen) atoms. The van der Waals surface area contributed by atoms with Crippen LogP contribution in [-0.2, 0) is 0 Å². The first-order chi connectivity index (χ1) is 8.20. The Labute approximate surface area is 104 Å². The number of piperidine rings is 1. The highest BCUT2D eigenvalue weighted by molar-refractivity contribution is 6.30. The Morgan fingerprint density at radius 1 is 1.24 bits per heavy atom. The Morgan fingerprint density at radius 2 is 1.94 bits per heavy atom.